The standard InChI is InChI=1S/C21H12F4N2O2S/c22-13-5-2-6-14(11-13)26-18-17(16-8-3-9-30-16)19(28)27(20(18)29)15-7-1-4-12(10-15)21(23,24)25/h1-11,26H. The fourth-order valence-corrected chi connectivity index (χ4v) is 3.83. The number of carbonyl (C=O) groups excluding carboxylic acids is 2. The van der Waals surface area contributed by atoms with E-state index in [4.69, 9.17) is 0 Å². The summed E-state index contributed by atoms with van der Waals surface area (Å²) >= 11 is 1.20. The Bertz CT molecular complexity index is 1170. The van der Waals surface area contributed by atoms with Crippen LogP contribution >= 0.6 is 11.3 Å². The molecule has 30 heavy (non-hydrogen) atoms. The number of nitrogens with zero attached hydrogens (tertiary/aromatic N) is 1. The van der Waals surface area contributed by atoms with Crippen molar-refractivity contribution in [1.29, 1.82) is 0 Å². The van der Waals surface area contributed by atoms with E-state index >= 15 is 0 Å². The lowest BCUT2D eigenvalue weighted by Gasteiger charge is -2.17. The lowest BCUT2D eigenvalue weighted by atomic mass is 10.1. The minimum absolute atomic E-state index is 0.0108. The number of anilines is 2. The highest BCUT2D eigenvalue weighted by Gasteiger charge is 2.41. The number of benzene rings is 2. The lowest BCUT2D eigenvalue weighted by molar-refractivity contribution is -0.137. The van der Waals surface area contributed by atoms with Crippen LogP contribution in [0.5, 0.6) is 0 Å². The van der Waals surface area contributed by atoms with Gasteiger partial charge in [0.1, 0.15) is 11.5 Å². The third-order valence-corrected chi connectivity index (χ3v) is 5.26. The van der Waals surface area contributed by atoms with Crippen molar-refractivity contribution >= 4 is 40.1 Å². The molecule has 0 unspecified atom stereocenters. The van der Waals surface area contributed by atoms with E-state index in [0.717, 1.165) is 24.3 Å². The van der Waals surface area contributed by atoms with Gasteiger partial charge < -0.3 is 5.32 Å². The lowest BCUT2D eigenvalue weighted by Crippen LogP contribution is -2.32. The Morgan fingerprint density at radius 2 is 1.67 bits per heavy atom. The normalized spacial score (nSPS) is 14.6. The van der Waals surface area contributed by atoms with Crippen molar-refractivity contribution < 1.29 is 27.2 Å². The predicted molar refractivity (Wildman–Crippen MR) is 105 cm³/mol. The topological polar surface area (TPSA) is 49.4 Å². The van der Waals surface area contributed by atoms with Gasteiger partial charge in [-0.1, -0.05) is 18.2 Å². The van der Waals surface area contributed by atoms with Gasteiger partial charge in [-0.05, 0) is 47.8 Å². The molecule has 1 aliphatic rings. The van der Waals surface area contributed by atoms with Gasteiger partial charge in [-0.15, -0.1) is 11.3 Å². The molecule has 2 aromatic carbocycles. The van der Waals surface area contributed by atoms with Crippen LogP contribution in [0.2, 0.25) is 0 Å². The first-order chi connectivity index (χ1) is 14.3. The molecule has 3 aromatic rings. The molecule has 4 rings (SSSR count). The molecule has 1 aliphatic heterocycles. The van der Waals surface area contributed by atoms with E-state index in [0.29, 0.717) is 9.78 Å². The Hall–Kier alpha value is -3.46. The quantitative estimate of drug-likeness (QED) is 0.450. The molecule has 2 heterocycles. The van der Waals surface area contributed by atoms with Crippen molar-refractivity contribution in [3.63, 3.8) is 0 Å². The van der Waals surface area contributed by atoms with E-state index in [1.807, 2.05) is 0 Å². The molecule has 4 nitrogen and oxygen atoms in total. The molecule has 0 fully saturated rings. The van der Waals surface area contributed by atoms with Crippen molar-refractivity contribution in [3.05, 3.63) is 88.0 Å². The highest BCUT2D eigenvalue weighted by molar-refractivity contribution is 7.11. The number of carbonyl (C=O) groups is 2. The highest BCUT2D eigenvalue weighted by atomic mass is 32.1. The maximum atomic E-state index is 13.6. The maximum Gasteiger partial charge on any atom is 0.416 e. The van der Waals surface area contributed by atoms with Crippen LogP contribution in [-0.4, -0.2) is 11.8 Å². The summed E-state index contributed by atoms with van der Waals surface area (Å²) in [6.45, 7) is 0. The van der Waals surface area contributed by atoms with Crippen LogP contribution in [0.25, 0.3) is 5.57 Å². The zero-order valence-electron chi connectivity index (χ0n) is 15.0. The molecular formula is C21H12F4N2O2S. The number of amides is 2. The first-order valence-electron chi connectivity index (χ1n) is 8.62. The maximum absolute atomic E-state index is 13.6. The zero-order chi connectivity index (χ0) is 21.5. The van der Waals surface area contributed by atoms with Gasteiger partial charge in [0, 0.05) is 10.6 Å². The number of alkyl halides is 3. The summed E-state index contributed by atoms with van der Waals surface area (Å²) in [5.74, 6) is -2.14. The molecular weight excluding hydrogens is 420 g/mol. The average Bonchev–Trinajstić information content (AvgIpc) is 3.28. The third-order valence-electron chi connectivity index (χ3n) is 4.38. The van der Waals surface area contributed by atoms with Crippen LogP contribution in [0.4, 0.5) is 28.9 Å². The molecule has 0 aliphatic carbocycles. The van der Waals surface area contributed by atoms with Gasteiger partial charge in [-0.25, -0.2) is 9.29 Å². The fourth-order valence-electron chi connectivity index (χ4n) is 3.06. The second-order valence-corrected chi connectivity index (χ2v) is 7.30. The van der Waals surface area contributed by atoms with Crippen molar-refractivity contribution in [2.24, 2.45) is 0 Å². The van der Waals surface area contributed by atoms with Gasteiger partial charge in [-0.2, -0.15) is 13.2 Å². The summed E-state index contributed by atoms with van der Waals surface area (Å²) in [5, 5.41) is 4.46. The summed E-state index contributed by atoms with van der Waals surface area (Å²) in [7, 11) is 0. The Morgan fingerprint density at radius 3 is 2.33 bits per heavy atom. The smallest absolute Gasteiger partial charge is 0.350 e. The first-order valence-corrected chi connectivity index (χ1v) is 9.50. The number of halogens is 4. The number of hydrogen-bond acceptors (Lipinski definition) is 4. The molecule has 0 saturated heterocycles. The van der Waals surface area contributed by atoms with Crippen LogP contribution in [-0.2, 0) is 15.8 Å². The average molecular weight is 432 g/mol. The van der Waals surface area contributed by atoms with Gasteiger partial charge >= 0.3 is 6.18 Å². The zero-order valence-corrected chi connectivity index (χ0v) is 15.9. The summed E-state index contributed by atoms with van der Waals surface area (Å²) in [6, 6.07) is 12.6. The molecule has 152 valence electrons. The van der Waals surface area contributed by atoms with E-state index in [9.17, 15) is 27.2 Å². The van der Waals surface area contributed by atoms with Crippen LogP contribution in [0, 0.1) is 5.82 Å². The Labute approximate surface area is 172 Å². The largest absolute Gasteiger partial charge is 0.416 e. The van der Waals surface area contributed by atoms with Crippen LogP contribution < -0.4 is 10.2 Å². The number of hydrogen-bond donors (Lipinski definition) is 1. The molecule has 1 N–H and O–H groups in total. The predicted octanol–water partition coefficient (Wildman–Crippen LogP) is 5.30. The van der Waals surface area contributed by atoms with E-state index in [-0.39, 0.29) is 22.6 Å². The minimum atomic E-state index is -4.63. The van der Waals surface area contributed by atoms with Gasteiger partial charge in [0.05, 0.1) is 16.8 Å². The van der Waals surface area contributed by atoms with Crippen molar-refractivity contribution in [3.8, 4) is 0 Å². The summed E-state index contributed by atoms with van der Waals surface area (Å²) < 4.78 is 52.9. The van der Waals surface area contributed by atoms with Crippen LogP contribution in [0.3, 0.4) is 0 Å². The molecule has 2 amide bonds. The van der Waals surface area contributed by atoms with Gasteiger partial charge in [0.15, 0.2) is 0 Å². The van der Waals surface area contributed by atoms with Gasteiger partial charge in [0.2, 0.25) is 0 Å². The van der Waals surface area contributed by atoms with Crippen molar-refractivity contribution in [2.45, 2.75) is 6.18 Å². The molecule has 9 heteroatoms. The molecule has 0 saturated carbocycles. The minimum Gasteiger partial charge on any atom is -0.350 e. The Kier molecular flexibility index (Phi) is 4.90. The third kappa shape index (κ3) is 3.59. The van der Waals surface area contributed by atoms with Crippen molar-refractivity contribution in [2.75, 3.05) is 10.2 Å². The number of rotatable bonds is 4. The first kappa shape index (κ1) is 19.8. The molecule has 0 atom stereocenters. The molecule has 0 spiro atoms. The highest BCUT2D eigenvalue weighted by Crippen LogP contribution is 2.37. The van der Waals surface area contributed by atoms with Crippen LogP contribution in [0.1, 0.15) is 10.4 Å². The number of nitrogens with one attached hydrogen (secondary N) is 1. The van der Waals surface area contributed by atoms with Crippen LogP contribution in [0.15, 0.2) is 71.7 Å². The monoisotopic (exact) mass is 432 g/mol. The second-order valence-electron chi connectivity index (χ2n) is 6.36. The number of thiophene rings is 1. The van der Waals surface area contributed by atoms with Gasteiger partial charge in [-0.3, -0.25) is 9.59 Å². The summed E-state index contributed by atoms with van der Waals surface area (Å²) in [4.78, 5) is 27.3. The molecule has 1 aromatic heterocycles. The Morgan fingerprint density at radius 1 is 0.900 bits per heavy atom. The van der Waals surface area contributed by atoms with E-state index in [1.54, 1.807) is 17.5 Å². The second kappa shape index (κ2) is 7.42. The van der Waals surface area contributed by atoms with E-state index in [1.165, 1.54) is 35.6 Å². The molecule has 0 bridgehead atoms. The fraction of sp³-hybridized carbons (Fsp3) is 0.0476. The van der Waals surface area contributed by atoms with E-state index < -0.39 is 29.4 Å². The Balaban J connectivity index is 1.79. The summed E-state index contributed by atoms with van der Waals surface area (Å²) in [5.41, 5.74) is -1.08. The van der Waals surface area contributed by atoms with Crippen molar-refractivity contribution in [1.82, 2.24) is 0 Å². The number of imide groups is 1. The molecule has 0 radical (unpaired) electrons. The van der Waals surface area contributed by atoms with Gasteiger partial charge in [0.25, 0.3) is 11.8 Å². The van der Waals surface area contributed by atoms with E-state index in [2.05, 4.69) is 5.32 Å². The SMILES string of the molecule is O=C1C(Nc2cccc(F)c2)=C(c2cccs2)C(=O)N1c1cccc(C(F)(F)F)c1. The summed E-state index contributed by atoms with van der Waals surface area (Å²) in [6.07, 6.45) is -4.63.